The molecule has 0 aliphatic carbocycles. The van der Waals surface area contributed by atoms with Gasteiger partial charge < -0.3 is 19.9 Å². The Balaban J connectivity index is 2.27. The molecule has 0 spiro atoms. The number of nitrogen functional groups attached to an aromatic ring is 1. The maximum absolute atomic E-state index is 5.97. The first-order valence-electron chi connectivity index (χ1n) is 5.72. The van der Waals surface area contributed by atoms with Crippen LogP contribution in [0.5, 0.6) is 0 Å². The predicted octanol–water partition coefficient (Wildman–Crippen LogP) is 2.11. The van der Waals surface area contributed by atoms with E-state index < -0.39 is 5.79 Å². The van der Waals surface area contributed by atoms with E-state index in [1.165, 1.54) is 0 Å². The second-order valence-corrected chi connectivity index (χ2v) is 4.68. The maximum atomic E-state index is 5.97. The van der Waals surface area contributed by atoms with E-state index in [0.29, 0.717) is 6.61 Å². The van der Waals surface area contributed by atoms with Gasteiger partial charge in [0.15, 0.2) is 5.79 Å². The summed E-state index contributed by atoms with van der Waals surface area (Å²) >= 11 is 0. The third-order valence-corrected chi connectivity index (χ3v) is 2.82. The van der Waals surface area contributed by atoms with Crippen molar-refractivity contribution in [1.29, 1.82) is 0 Å². The number of hydrogen-bond acceptors (Lipinski definition) is 4. The molecule has 0 bridgehead atoms. The summed E-state index contributed by atoms with van der Waals surface area (Å²) in [6, 6.07) is 7.69. The van der Waals surface area contributed by atoms with E-state index in [2.05, 4.69) is 0 Å². The number of rotatable bonds is 3. The fourth-order valence-electron chi connectivity index (χ4n) is 2.16. The molecular weight excluding hydrogens is 218 g/mol. The number of nitrogens with two attached hydrogens (primary N) is 1. The molecule has 94 valence electrons. The Labute approximate surface area is 102 Å². The van der Waals surface area contributed by atoms with E-state index in [1.807, 2.05) is 38.1 Å². The predicted molar refractivity (Wildman–Crippen MR) is 65.5 cm³/mol. The third-order valence-electron chi connectivity index (χ3n) is 2.82. The van der Waals surface area contributed by atoms with Crippen molar-refractivity contribution in [3.05, 3.63) is 29.8 Å². The van der Waals surface area contributed by atoms with Crippen LogP contribution in [-0.4, -0.2) is 25.6 Å². The van der Waals surface area contributed by atoms with Crippen LogP contribution < -0.4 is 5.73 Å². The molecule has 0 unspecified atom stereocenters. The second-order valence-electron chi connectivity index (χ2n) is 4.68. The third kappa shape index (κ3) is 2.60. The van der Waals surface area contributed by atoms with Crippen molar-refractivity contribution in [3.63, 3.8) is 0 Å². The first-order valence-corrected chi connectivity index (χ1v) is 5.72. The van der Waals surface area contributed by atoms with E-state index in [9.17, 15) is 0 Å². The Bertz CT molecular complexity index is 392. The first kappa shape index (κ1) is 12.4. The number of hydrogen-bond donors (Lipinski definition) is 1. The molecule has 1 heterocycles. The van der Waals surface area contributed by atoms with Gasteiger partial charge in [0.2, 0.25) is 0 Å². The highest BCUT2D eigenvalue weighted by molar-refractivity contribution is 5.48. The summed E-state index contributed by atoms with van der Waals surface area (Å²) in [4.78, 5) is 0. The molecule has 0 aromatic heterocycles. The summed E-state index contributed by atoms with van der Waals surface area (Å²) < 4.78 is 16.9. The van der Waals surface area contributed by atoms with Gasteiger partial charge in [-0.05, 0) is 19.9 Å². The van der Waals surface area contributed by atoms with E-state index in [1.54, 1.807) is 7.11 Å². The topological polar surface area (TPSA) is 53.7 Å². The molecule has 17 heavy (non-hydrogen) atoms. The van der Waals surface area contributed by atoms with Crippen molar-refractivity contribution < 1.29 is 14.2 Å². The highest BCUT2D eigenvalue weighted by atomic mass is 16.8. The molecule has 1 aliphatic rings. The Hall–Kier alpha value is -1.10. The zero-order valence-corrected chi connectivity index (χ0v) is 10.5. The van der Waals surface area contributed by atoms with Gasteiger partial charge in [0.05, 0.1) is 6.61 Å². The van der Waals surface area contributed by atoms with Gasteiger partial charge >= 0.3 is 0 Å². The summed E-state index contributed by atoms with van der Waals surface area (Å²) in [5, 5.41) is 0. The van der Waals surface area contributed by atoms with Crippen molar-refractivity contribution in [2.24, 2.45) is 0 Å². The first-order chi connectivity index (χ1) is 8.03. The molecule has 4 heteroatoms. The van der Waals surface area contributed by atoms with Gasteiger partial charge in [0.25, 0.3) is 0 Å². The van der Waals surface area contributed by atoms with Gasteiger partial charge in [0, 0.05) is 18.4 Å². The standard InChI is InChI=1S/C13H19NO3/c1-13(2)16-11(8-15-3)12(17-13)9-6-4-5-7-10(9)14/h4-7,11-12H,8,14H2,1-3H3/t11-,12-/m1/s1. The average molecular weight is 237 g/mol. The summed E-state index contributed by atoms with van der Waals surface area (Å²) in [7, 11) is 1.65. The Kier molecular flexibility index (Phi) is 3.38. The molecule has 1 saturated heterocycles. The minimum absolute atomic E-state index is 0.125. The van der Waals surface area contributed by atoms with E-state index in [-0.39, 0.29) is 12.2 Å². The molecule has 0 amide bonds. The van der Waals surface area contributed by atoms with Crippen molar-refractivity contribution in [2.45, 2.75) is 31.8 Å². The molecule has 1 aromatic carbocycles. The van der Waals surface area contributed by atoms with Gasteiger partial charge in [-0.1, -0.05) is 18.2 Å². The Morgan fingerprint density at radius 1 is 1.29 bits per heavy atom. The minimum atomic E-state index is -0.601. The largest absolute Gasteiger partial charge is 0.398 e. The van der Waals surface area contributed by atoms with Gasteiger partial charge in [-0.2, -0.15) is 0 Å². The number of para-hydroxylation sites is 1. The van der Waals surface area contributed by atoms with Crippen LogP contribution in [0.1, 0.15) is 25.5 Å². The van der Waals surface area contributed by atoms with Crippen molar-refractivity contribution in [2.75, 3.05) is 19.5 Å². The number of anilines is 1. The van der Waals surface area contributed by atoms with E-state index >= 15 is 0 Å². The molecule has 2 N–H and O–H groups in total. The monoisotopic (exact) mass is 237 g/mol. The SMILES string of the molecule is COC[C@H]1OC(C)(C)O[C@@H]1c1ccccc1N. The molecule has 4 nitrogen and oxygen atoms in total. The van der Waals surface area contributed by atoms with Gasteiger partial charge in [-0.15, -0.1) is 0 Å². The lowest BCUT2D eigenvalue weighted by molar-refractivity contribution is -0.150. The van der Waals surface area contributed by atoms with Gasteiger partial charge in [0.1, 0.15) is 12.2 Å². The van der Waals surface area contributed by atoms with Crippen LogP contribution in [-0.2, 0) is 14.2 Å². The summed E-state index contributed by atoms with van der Waals surface area (Å²) in [5.74, 6) is -0.601. The van der Waals surface area contributed by atoms with Crippen molar-refractivity contribution in [3.8, 4) is 0 Å². The summed E-state index contributed by atoms with van der Waals surface area (Å²) in [5.41, 5.74) is 7.65. The molecule has 2 atom stereocenters. The van der Waals surface area contributed by atoms with Crippen molar-refractivity contribution in [1.82, 2.24) is 0 Å². The molecular formula is C13H19NO3. The zero-order chi connectivity index (χ0) is 12.5. The lowest BCUT2D eigenvalue weighted by Crippen LogP contribution is -2.24. The second kappa shape index (κ2) is 4.64. The molecule has 1 fully saturated rings. The Morgan fingerprint density at radius 3 is 2.65 bits per heavy atom. The average Bonchev–Trinajstić information content (AvgIpc) is 2.55. The maximum Gasteiger partial charge on any atom is 0.164 e. The van der Waals surface area contributed by atoms with Crippen LogP contribution in [0.2, 0.25) is 0 Å². The fourth-order valence-corrected chi connectivity index (χ4v) is 2.16. The molecule has 1 aliphatic heterocycles. The van der Waals surface area contributed by atoms with E-state index in [4.69, 9.17) is 19.9 Å². The van der Waals surface area contributed by atoms with E-state index in [0.717, 1.165) is 11.3 Å². The lowest BCUT2D eigenvalue weighted by Gasteiger charge is -2.18. The molecule has 0 saturated carbocycles. The zero-order valence-electron chi connectivity index (χ0n) is 10.5. The Morgan fingerprint density at radius 2 is 2.00 bits per heavy atom. The highest BCUT2D eigenvalue weighted by Gasteiger charge is 2.42. The smallest absolute Gasteiger partial charge is 0.164 e. The number of benzene rings is 1. The fraction of sp³-hybridized carbons (Fsp3) is 0.538. The van der Waals surface area contributed by atoms with Crippen LogP contribution in [0.25, 0.3) is 0 Å². The summed E-state index contributed by atoms with van der Waals surface area (Å²) in [6.07, 6.45) is -0.300. The molecule has 0 radical (unpaired) electrons. The summed E-state index contributed by atoms with van der Waals surface area (Å²) in [6.45, 7) is 4.28. The normalized spacial score (nSPS) is 27.2. The number of methoxy groups -OCH3 is 1. The quantitative estimate of drug-likeness (QED) is 0.818. The number of ether oxygens (including phenoxy) is 3. The van der Waals surface area contributed by atoms with Crippen LogP contribution >= 0.6 is 0 Å². The lowest BCUT2D eigenvalue weighted by atomic mass is 10.0. The molecule has 1 aromatic rings. The minimum Gasteiger partial charge on any atom is -0.398 e. The van der Waals surface area contributed by atoms with Crippen LogP contribution in [0, 0.1) is 0 Å². The van der Waals surface area contributed by atoms with Crippen molar-refractivity contribution >= 4 is 5.69 Å². The van der Waals surface area contributed by atoms with Gasteiger partial charge in [-0.25, -0.2) is 0 Å². The highest BCUT2D eigenvalue weighted by Crippen LogP contribution is 2.40. The van der Waals surface area contributed by atoms with Crippen LogP contribution in [0.15, 0.2) is 24.3 Å². The van der Waals surface area contributed by atoms with Crippen LogP contribution in [0.4, 0.5) is 5.69 Å². The van der Waals surface area contributed by atoms with Gasteiger partial charge in [-0.3, -0.25) is 0 Å². The van der Waals surface area contributed by atoms with Crippen LogP contribution in [0.3, 0.4) is 0 Å². The molecule has 2 rings (SSSR count).